The van der Waals surface area contributed by atoms with Crippen LogP contribution in [0.4, 0.5) is 0 Å². The van der Waals surface area contributed by atoms with Crippen molar-refractivity contribution in [3.05, 3.63) is 0 Å². The topological polar surface area (TPSA) is 35.5 Å². The molecule has 0 unspecified atom stereocenters. The van der Waals surface area contributed by atoms with E-state index in [4.69, 9.17) is 0 Å². The molecule has 0 aromatic carbocycles. The van der Waals surface area contributed by atoms with Crippen LogP contribution < -0.4 is 0 Å². The Morgan fingerprint density at radius 3 is 2.71 bits per heavy atom. The summed E-state index contributed by atoms with van der Waals surface area (Å²) in [7, 11) is 1.95. The third kappa shape index (κ3) is 5.62. The van der Waals surface area contributed by atoms with Gasteiger partial charge in [0.1, 0.15) is 0 Å². The van der Waals surface area contributed by atoms with E-state index in [1.54, 1.807) is 7.11 Å². The van der Waals surface area contributed by atoms with Crippen LogP contribution in [0.25, 0.3) is 0 Å². The van der Waals surface area contributed by atoms with Gasteiger partial charge in [0, 0.05) is 0 Å². The summed E-state index contributed by atoms with van der Waals surface area (Å²) in [6.07, 6.45) is 0. The predicted molar refractivity (Wildman–Crippen MR) is 24.3 cm³/mol. The van der Waals surface area contributed by atoms with Gasteiger partial charge in [0.05, 0.1) is 0 Å². The van der Waals surface area contributed by atoms with Gasteiger partial charge in [-0.15, -0.1) is 0 Å². The number of rotatable bonds is 4. The molecule has 0 aromatic heterocycles. The van der Waals surface area contributed by atoms with Crippen LogP contribution in [0.2, 0.25) is 0 Å². The zero-order valence-electron chi connectivity index (χ0n) is 4.22. The molecule has 0 amide bonds. The average Bonchev–Trinajstić information content (AvgIpc) is 1.69. The van der Waals surface area contributed by atoms with Crippen molar-refractivity contribution >= 4 is 7.35 Å². The van der Waals surface area contributed by atoms with Crippen molar-refractivity contribution in [3.63, 3.8) is 0 Å². The van der Waals surface area contributed by atoms with Gasteiger partial charge in [-0.25, -0.2) is 0 Å². The van der Waals surface area contributed by atoms with Crippen LogP contribution in [0.3, 0.4) is 0 Å². The first-order valence-electron chi connectivity index (χ1n) is 1.96. The molecule has 0 aliphatic heterocycles. The van der Waals surface area contributed by atoms with Crippen LogP contribution in [-0.2, 0) is 14.1 Å². The standard InChI is InChI=1S/C3H7BO3/c1-6-2-3-7-4-5/h2-3H2,1H3. The fourth-order valence-corrected chi connectivity index (χ4v) is 0.180. The van der Waals surface area contributed by atoms with Gasteiger partial charge in [-0.3, -0.25) is 0 Å². The molecule has 0 fully saturated rings. The van der Waals surface area contributed by atoms with E-state index in [2.05, 4.69) is 9.39 Å². The molecule has 3 nitrogen and oxygen atoms in total. The van der Waals surface area contributed by atoms with Crippen molar-refractivity contribution in [2.75, 3.05) is 20.3 Å². The monoisotopic (exact) mass is 102 g/mol. The molecule has 0 atom stereocenters. The second kappa shape index (κ2) is 5.62. The van der Waals surface area contributed by atoms with E-state index in [0.29, 0.717) is 20.6 Å². The minimum absolute atomic E-state index is 0.347. The van der Waals surface area contributed by atoms with E-state index >= 15 is 0 Å². The van der Waals surface area contributed by atoms with Crippen molar-refractivity contribution in [3.8, 4) is 0 Å². The second-order valence-electron chi connectivity index (χ2n) is 0.960. The Bertz CT molecular complexity index is 47.4. The second-order valence-corrected chi connectivity index (χ2v) is 0.960. The summed E-state index contributed by atoms with van der Waals surface area (Å²) in [6, 6.07) is 0. The number of methoxy groups -OCH3 is 1. The Morgan fingerprint density at radius 2 is 2.29 bits per heavy atom. The summed E-state index contributed by atoms with van der Waals surface area (Å²) >= 11 is 0. The third-order valence-corrected chi connectivity index (χ3v) is 0.473. The first kappa shape index (κ1) is 6.62. The third-order valence-electron chi connectivity index (χ3n) is 0.473. The van der Waals surface area contributed by atoms with Gasteiger partial charge < -0.3 is 0 Å². The Kier molecular flexibility index (Phi) is 5.32. The number of ether oxygens (including phenoxy) is 1. The van der Waals surface area contributed by atoms with Gasteiger partial charge in [0.2, 0.25) is 0 Å². The van der Waals surface area contributed by atoms with Crippen molar-refractivity contribution in [1.82, 2.24) is 0 Å². The zero-order chi connectivity index (χ0) is 5.54. The fraction of sp³-hybridized carbons (Fsp3) is 1.00. The molecular weight excluding hydrogens is 94.8 g/mol. The van der Waals surface area contributed by atoms with E-state index < -0.39 is 0 Å². The van der Waals surface area contributed by atoms with E-state index in [1.165, 1.54) is 0 Å². The summed E-state index contributed by atoms with van der Waals surface area (Å²) in [5.74, 6) is 0. The molecule has 0 aliphatic rings. The molecule has 0 aliphatic carbocycles. The fourth-order valence-electron chi connectivity index (χ4n) is 0.180. The van der Waals surface area contributed by atoms with Crippen molar-refractivity contribution in [2.24, 2.45) is 0 Å². The van der Waals surface area contributed by atoms with Crippen molar-refractivity contribution in [2.45, 2.75) is 0 Å². The average molecular weight is 102 g/mol. The molecule has 0 heterocycles. The van der Waals surface area contributed by atoms with Crippen molar-refractivity contribution in [1.29, 1.82) is 0 Å². The number of hydrogen-bond donors (Lipinski definition) is 0. The van der Waals surface area contributed by atoms with Crippen LogP contribution >= 0.6 is 0 Å². The van der Waals surface area contributed by atoms with Gasteiger partial charge in [-0.1, -0.05) is 0 Å². The Hall–Kier alpha value is -0.375. The quantitative estimate of drug-likeness (QED) is 0.358. The van der Waals surface area contributed by atoms with Crippen LogP contribution in [0.15, 0.2) is 0 Å². The Balaban J connectivity index is 2.56. The van der Waals surface area contributed by atoms with Gasteiger partial charge >= 0.3 is 41.8 Å². The summed E-state index contributed by atoms with van der Waals surface area (Å²) in [6.45, 7) is 0.818. The summed E-state index contributed by atoms with van der Waals surface area (Å²) < 4.78 is 18.2. The van der Waals surface area contributed by atoms with Gasteiger partial charge in [0.25, 0.3) is 0 Å². The molecule has 0 N–H and O–H groups in total. The SMILES string of the molecule is COCCOB=O. The van der Waals surface area contributed by atoms with Crippen molar-refractivity contribution < 1.29 is 14.1 Å². The van der Waals surface area contributed by atoms with Crippen LogP contribution in [-0.4, -0.2) is 27.7 Å². The normalized spacial score (nSPS) is 7.57. The summed E-state index contributed by atoms with van der Waals surface area (Å²) in [4.78, 5) is 0. The maximum atomic E-state index is 9.40. The number of hydrogen-bond acceptors (Lipinski definition) is 3. The molecule has 0 spiro atoms. The molecular formula is C3H7BO3. The Morgan fingerprint density at radius 1 is 1.57 bits per heavy atom. The molecule has 0 rings (SSSR count). The van der Waals surface area contributed by atoms with E-state index in [1.807, 2.05) is 0 Å². The minimum atomic E-state index is 0.347. The predicted octanol–water partition coefficient (Wildman–Crippen LogP) is -0.386. The van der Waals surface area contributed by atoms with Crippen LogP contribution in [0.1, 0.15) is 0 Å². The molecule has 40 valence electrons. The summed E-state index contributed by atoms with van der Waals surface area (Å²) in [5, 5.41) is 0. The van der Waals surface area contributed by atoms with Gasteiger partial charge in [0.15, 0.2) is 0 Å². The Labute approximate surface area is 42.9 Å². The van der Waals surface area contributed by atoms with E-state index in [-0.39, 0.29) is 0 Å². The molecule has 0 saturated heterocycles. The molecule has 4 heteroatoms. The first-order valence-corrected chi connectivity index (χ1v) is 1.96. The molecule has 0 aromatic rings. The van der Waals surface area contributed by atoms with Gasteiger partial charge in [-0.2, -0.15) is 0 Å². The maximum absolute atomic E-state index is 9.40. The first-order chi connectivity index (χ1) is 3.41. The molecule has 0 bridgehead atoms. The molecule has 7 heavy (non-hydrogen) atoms. The van der Waals surface area contributed by atoms with E-state index in [0.717, 1.165) is 0 Å². The summed E-state index contributed by atoms with van der Waals surface area (Å²) in [5.41, 5.74) is 0. The van der Waals surface area contributed by atoms with Crippen LogP contribution in [0.5, 0.6) is 0 Å². The molecule has 0 radical (unpaired) electrons. The van der Waals surface area contributed by atoms with Gasteiger partial charge in [-0.05, 0) is 0 Å². The zero-order valence-corrected chi connectivity index (χ0v) is 4.22. The molecule has 0 saturated carbocycles. The van der Waals surface area contributed by atoms with E-state index in [9.17, 15) is 4.70 Å². The van der Waals surface area contributed by atoms with Crippen LogP contribution in [0, 0.1) is 0 Å².